The maximum atomic E-state index is 14.2. The molecule has 4 rings (SSSR count). The van der Waals surface area contributed by atoms with Gasteiger partial charge in [0.05, 0.1) is 23.5 Å². The maximum Gasteiger partial charge on any atom is 0.275 e. The van der Waals surface area contributed by atoms with Crippen molar-refractivity contribution in [3.63, 3.8) is 0 Å². The molecule has 0 bridgehead atoms. The summed E-state index contributed by atoms with van der Waals surface area (Å²) in [6.07, 6.45) is 3.57. The highest BCUT2D eigenvalue weighted by Gasteiger charge is 2.42. The third kappa shape index (κ3) is 4.79. The summed E-state index contributed by atoms with van der Waals surface area (Å²) in [4.78, 5) is 24.7. The second kappa shape index (κ2) is 8.54. The average Bonchev–Trinajstić information content (AvgIpc) is 3.27. The van der Waals surface area contributed by atoms with Gasteiger partial charge in [-0.05, 0) is 31.2 Å². The van der Waals surface area contributed by atoms with Crippen molar-refractivity contribution >= 4 is 23.3 Å². The van der Waals surface area contributed by atoms with Crippen LogP contribution in [0.2, 0.25) is 5.02 Å². The van der Waals surface area contributed by atoms with Gasteiger partial charge in [-0.3, -0.25) is 4.79 Å². The summed E-state index contributed by atoms with van der Waals surface area (Å²) in [6, 6.07) is 5.98. The Morgan fingerprint density at radius 2 is 2.03 bits per heavy atom. The second-order valence-electron chi connectivity index (χ2n) is 7.34. The van der Waals surface area contributed by atoms with Gasteiger partial charge in [-0.25, -0.2) is 18.7 Å². The number of carbonyl (C=O) groups excluding carboxylic acids is 1. The molecule has 8 nitrogen and oxygen atoms in total. The SMILES string of the molecule is Cc1ccc(-n2nccn2)c(C(=O)N2CCC(F)(F)CC2CNc2ccc(Cl)cn2)n1. The standard InChI is InChI=1S/C20H20ClF2N7O/c1-13-2-4-16(30-26-7-8-27-30)18(28-13)19(31)29-9-6-20(22,23)10-15(29)12-25-17-5-3-14(21)11-24-17/h2-5,7-8,11,15H,6,9-10,12H2,1H3,(H,24,25). The fourth-order valence-corrected chi connectivity index (χ4v) is 3.63. The van der Waals surface area contributed by atoms with Crippen molar-refractivity contribution in [1.82, 2.24) is 29.9 Å². The van der Waals surface area contributed by atoms with Crippen molar-refractivity contribution in [3.8, 4) is 5.69 Å². The molecule has 1 amide bonds. The van der Waals surface area contributed by atoms with Crippen LogP contribution in [0, 0.1) is 6.92 Å². The van der Waals surface area contributed by atoms with Crippen LogP contribution in [0.1, 0.15) is 29.0 Å². The lowest BCUT2D eigenvalue weighted by Crippen LogP contribution is -2.52. The lowest BCUT2D eigenvalue weighted by Gasteiger charge is -2.39. The molecule has 162 valence electrons. The van der Waals surface area contributed by atoms with Gasteiger partial charge in [-0.2, -0.15) is 10.2 Å². The van der Waals surface area contributed by atoms with Crippen molar-refractivity contribution in [3.05, 3.63) is 59.3 Å². The number of likely N-dealkylation sites (tertiary alicyclic amines) is 1. The molecule has 1 atom stereocenters. The van der Waals surface area contributed by atoms with E-state index in [4.69, 9.17) is 11.6 Å². The molecule has 0 aromatic carbocycles. The van der Waals surface area contributed by atoms with Crippen molar-refractivity contribution in [2.75, 3.05) is 18.4 Å². The van der Waals surface area contributed by atoms with E-state index in [1.54, 1.807) is 31.2 Å². The molecular formula is C20H20ClF2N7O. The number of alkyl halides is 2. The van der Waals surface area contributed by atoms with E-state index in [2.05, 4.69) is 25.5 Å². The van der Waals surface area contributed by atoms with E-state index in [0.717, 1.165) is 0 Å². The number of halogens is 3. The summed E-state index contributed by atoms with van der Waals surface area (Å²) in [5.74, 6) is -2.81. The Labute approximate surface area is 182 Å². The number of piperidine rings is 1. The summed E-state index contributed by atoms with van der Waals surface area (Å²) in [5, 5.41) is 11.6. The maximum absolute atomic E-state index is 14.2. The molecule has 0 radical (unpaired) electrons. The van der Waals surface area contributed by atoms with Crippen LogP contribution in [0.25, 0.3) is 5.69 Å². The Bertz CT molecular complexity index is 1060. The van der Waals surface area contributed by atoms with Gasteiger partial charge in [0.15, 0.2) is 5.69 Å². The highest BCUT2D eigenvalue weighted by molar-refractivity contribution is 6.30. The Balaban J connectivity index is 1.61. The number of carbonyl (C=O) groups is 1. The molecule has 1 unspecified atom stereocenters. The van der Waals surface area contributed by atoms with Gasteiger partial charge in [0.25, 0.3) is 11.8 Å². The van der Waals surface area contributed by atoms with Crippen molar-refractivity contribution in [2.45, 2.75) is 31.7 Å². The minimum atomic E-state index is -2.86. The number of anilines is 1. The number of aromatic nitrogens is 5. The van der Waals surface area contributed by atoms with Gasteiger partial charge in [-0.1, -0.05) is 11.6 Å². The molecule has 4 heterocycles. The highest BCUT2D eigenvalue weighted by Crippen LogP contribution is 2.33. The monoisotopic (exact) mass is 447 g/mol. The number of amides is 1. The Hall–Kier alpha value is -3.14. The summed E-state index contributed by atoms with van der Waals surface area (Å²) in [6.45, 7) is 1.78. The predicted octanol–water partition coefficient (Wildman–Crippen LogP) is 3.37. The predicted molar refractivity (Wildman–Crippen MR) is 111 cm³/mol. The zero-order valence-corrected chi connectivity index (χ0v) is 17.4. The van der Waals surface area contributed by atoms with Crippen molar-refractivity contribution in [1.29, 1.82) is 0 Å². The quantitative estimate of drug-likeness (QED) is 0.645. The lowest BCUT2D eigenvalue weighted by atomic mass is 9.97. The first-order valence-electron chi connectivity index (χ1n) is 9.71. The van der Waals surface area contributed by atoms with E-state index in [1.807, 2.05) is 0 Å². The molecule has 3 aromatic rings. The molecule has 11 heteroatoms. The van der Waals surface area contributed by atoms with Crippen molar-refractivity contribution < 1.29 is 13.6 Å². The van der Waals surface area contributed by atoms with Crippen LogP contribution < -0.4 is 5.32 Å². The van der Waals surface area contributed by atoms with E-state index in [0.29, 0.717) is 22.2 Å². The van der Waals surface area contributed by atoms with Crippen LogP contribution in [0.4, 0.5) is 14.6 Å². The Kier molecular flexibility index (Phi) is 5.81. The normalized spacial score (nSPS) is 18.1. The third-order valence-corrected chi connectivity index (χ3v) is 5.27. The number of rotatable bonds is 5. The van der Waals surface area contributed by atoms with Crippen molar-refractivity contribution in [2.24, 2.45) is 0 Å². The number of nitrogens with zero attached hydrogens (tertiary/aromatic N) is 6. The molecule has 3 aromatic heterocycles. The van der Waals surface area contributed by atoms with Gasteiger partial charge in [0.1, 0.15) is 11.5 Å². The summed E-state index contributed by atoms with van der Waals surface area (Å²) < 4.78 is 28.4. The van der Waals surface area contributed by atoms with Gasteiger partial charge in [0, 0.05) is 37.8 Å². The number of aryl methyl sites for hydroxylation is 1. The summed E-state index contributed by atoms with van der Waals surface area (Å²) >= 11 is 5.84. The first-order chi connectivity index (χ1) is 14.8. The van der Waals surface area contributed by atoms with Crippen LogP contribution >= 0.6 is 11.6 Å². The second-order valence-corrected chi connectivity index (χ2v) is 7.78. The first-order valence-corrected chi connectivity index (χ1v) is 10.1. The summed E-state index contributed by atoms with van der Waals surface area (Å²) in [5.41, 5.74) is 1.14. The van der Waals surface area contributed by atoms with E-state index in [9.17, 15) is 13.6 Å². The largest absolute Gasteiger partial charge is 0.368 e. The third-order valence-electron chi connectivity index (χ3n) is 5.05. The molecule has 1 N–H and O–H groups in total. The van der Waals surface area contributed by atoms with Gasteiger partial charge >= 0.3 is 0 Å². The zero-order valence-electron chi connectivity index (χ0n) is 16.7. The van der Waals surface area contributed by atoms with Crippen LogP contribution in [0.5, 0.6) is 0 Å². The smallest absolute Gasteiger partial charge is 0.275 e. The Morgan fingerprint density at radius 3 is 2.74 bits per heavy atom. The van der Waals surface area contributed by atoms with E-state index < -0.39 is 30.7 Å². The van der Waals surface area contributed by atoms with Gasteiger partial charge < -0.3 is 10.2 Å². The fourth-order valence-electron chi connectivity index (χ4n) is 3.52. The molecule has 1 saturated heterocycles. The number of nitrogens with one attached hydrogen (secondary N) is 1. The molecule has 0 saturated carbocycles. The molecule has 1 aliphatic rings. The number of hydrogen-bond donors (Lipinski definition) is 1. The van der Waals surface area contributed by atoms with Gasteiger partial charge in [0.2, 0.25) is 0 Å². The topological polar surface area (TPSA) is 88.8 Å². The van der Waals surface area contributed by atoms with E-state index in [1.165, 1.54) is 28.3 Å². The summed E-state index contributed by atoms with van der Waals surface area (Å²) in [7, 11) is 0. The van der Waals surface area contributed by atoms with E-state index in [-0.39, 0.29) is 18.8 Å². The van der Waals surface area contributed by atoms with Crippen LogP contribution in [-0.4, -0.2) is 60.8 Å². The molecule has 0 spiro atoms. The molecule has 1 fully saturated rings. The minimum absolute atomic E-state index is 0.0895. The number of hydrogen-bond acceptors (Lipinski definition) is 6. The molecule has 0 aliphatic carbocycles. The number of pyridine rings is 2. The zero-order chi connectivity index (χ0) is 22.0. The molecule has 1 aliphatic heterocycles. The Morgan fingerprint density at radius 1 is 1.26 bits per heavy atom. The minimum Gasteiger partial charge on any atom is -0.368 e. The lowest BCUT2D eigenvalue weighted by molar-refractivity contribution is -0.0675. The van der Waals surface area contributed by atoms with Crippen LogP contribution in [-0.2, 0) is 0 Å². The van der Waals surface area contributed by atoms with E-state index >= 15 is 0 Å². The average molecular weight is 448 g/mol. The van der Waals surface area contributed by atoms with Crippen LogP contribution in [0.3, 0.4) is 0 Å². The highest BCUT2D eigenvalue weighted by atomic mass is 35.5. The fraction of sp³-hybridized carbons (Fsp3) is 0.350. The molecule has 31 heavy (non-hydrogen) atoms. The molecular weight excluding hydrogens is 428 g/mol. The first kappa shape index (κ1) is 21.1. The van der Waals surface area contributed by atoms with Gasteiger partial charge in [-0.15, -0.1) is 4.80 Å². The van der Waals surface area contributed by atoms with Crippen LogP contribution in [0.15, 0.2) is 42.9 Å².